The predicted octanol–water partition coefficient (Wildman–Crippen LogP) is 6.66. The van der Waals surface area contributed by atoms with Gasteiger partial charge >= 0.3 is 0 Å². The maximum Gasteiger partial charge on any atom is 0.268 e. The lowest BCUT2D eigenvalue weighted by molar-refractivity contribution is -0.126. The van der Waals surface area contributed by atoms with Crippen LogP contribution < -0.4 is 0 Å². The van der Waals surface area contributed by atoms with Gasteiger partial charge in [-0.25, -0.2) is 4.90 Å². The van der Waals surface area contributed by atoms with Crippen LogP contribution in [0.4, 0.5) is 0 Å². The largest absolute Gasteiger partial charge is 0.274 e. The predicted molar refractivity (Wildman–Crippen MR) is 121 cm³/mol. The number of rotatable bonds is 12. The van der Waals surface area contributed by atoms with E-state index < -0.39 is 11.8 Å². The highest BCUT2D eigenvalue weighted by atomic mass is 16.2. The van der Waals surface area contributed by atoms with Crippen LogP contribution in [-0.2, 0) is 4.79 Å². The Morgan fingerprint density at radius 2 is 1.17 bits per heavy atom. The standard InChI is InChI=1S/C26H33NO3/c1-2-3-4-5-6-7-8-9-10-11-12-19-23(28)27-25(29)21-17-13-15-20-16-14-18-22(24(20)21)26(27)30/h13-18H,2-12,19H2,1H3. The van der Waals surface area contributed by atoms with E-state index in [1.54, 1.807) is 24.3 Å². The van der Waals surface area contributed by atoms with Gasteiger partial charge in [0.1, 0.15) is 0 Å². The molecule has 0 saturated carbocycles. The fourth-order valence-corrected chi connectivity index (χ4v) is 4.31. The quantitative estimate of drug-likeness (QED) is 0.292. The lowest BCUT2D eigenvalue weighted by Crippen LogP contribution is -2.44. The average Bonchev–Trinajstić information content (AvgIpc) is 2.75. The molecule has 0 atom stereocenters. The number of carbonyl (C=O) groups excluding carboxylic acids is 3. The summed E-state index contributed by atoms with van der Waals surface area (Å²) in [5, 5.41) is 1.51. The molecule has 0 unspecified atom stereocenters. The molecule has 0 aromatic heterocycles. The van der Waals surface area contributed by atoms with Gasteiger partial charge in [0.15, 0.2) is 0 Å². The van der Waals surface area contributed by atoms with Crippen LogP contribution in [-0.4, -0.2) is 22.6 Å². The number of nitrogens with zero attached hydrogens (tertiary/aromatic N) is 1. The normalized spacial score (nSPS) is 13.3. The van der Waals surface area contributed by atoms with Crippen molar-refractivity contribution in [1.82, 2.24) is 4.90 Å². The second-order valence-corrected chi connectivity index (χ2v) is 8.33. The number of unbranched alkanes of at least 4 members (excludes halogenated alkanes) is 10. The van der Waals surface area contributed by atoms with E-state index in [9.17, 15) is 14.4 Å². The Balaban J connectivity index is 1.43. The van der Waals surface area contributed by atoms with Gasteiger partial charge in [-0.1, -0.05) is 95.4 Å². The number of benzene rings is 2. The maximum atomic E-state index is 12.8. The number of hydrogen-bond donors (Lipinski definition) is 0. The molecule has 4 nitrogen and oxygen atoms in total. The molecular formula is C26H33NO3. The molecule has 1 aliphatic rings. The van der Waals surface area contributed by atoms with Crippen molar-refractivity contribution in [2.75, 3.05) is 0 Å². The molecule has 4 heteroatoms. The van der Waals surface area contributed by atoms with Crippen LogP contribution in [0.3, 0.4) is 0 Å². The molecule has 0 radical (unpaired) electrons. The summed E-state index contributed by atoms with van der Waals surface area (Å²) in [7, 11) is 0. The molecule has 0 fully saturated rings. The summed E-state index contributed by atoms with van der Waals surface area (Å²) in [4.78, 5) is 39.2. The monoisotopic (exact) mass is 407 g/mol. The molecule has 0 bridgehead atoms. The molecule has 0 spiro atoms. The van der Waals surface area contributed by atoms with Gasteiger partial charge in [-0.2, -0.15) is 0 Å². The van der Waals surface area contributed by atoms with Crippen LogP contribution in [0.5, 0.6) is 0 Å². The van der Waals surface area contributed by atoms with Crippen LogP contribution in [0.15, 0.2) is 36.4 Å². The molecular weight excluding hydrogens is 374 g/mol. The van der Waals surface area contributed by atoms with Gasteiger partial charge in [0.25, 0.3) is 11.8 Å². The van der Waals surface area contributed by atoms with E-state index >= 15 is 0 Å². The Kier molecular flexibility index (Phi) is 8.18. The summed E-state index contributed by atoms with van der Waals surface area (Å²) < 4.78 is 0. The van der Waals surface area contributed by atoms with Crippen molar-refractivity contribution in [3.8, 4) is 0 Å². The van der Waals surface area contributed by atoms with Gasteiger partial charge in [0.2, 0.25) is 5.91 Å². The Labute approximate surface area is 179 Å². The minimum absolute atomic E-state index is 0.243. The Morgan fingerprint density at radius 3 is 1.67 bits per heavy atom. The lowest BCUT2D eigenvalue weighted by Gasteiger charge is -2.25. The fraction of sp³-hybridized carbons (Fsp3) is 0.500. The van der Waals surface area contributed by atoms with Gasteiger partial charge in [-0.3, -0.25) is 14.4 Å². The molecule has 3 rings (SSSR count). The molecule has 0 saturated heterocycles. The van der Waals surface area contributed by atoms with Crippen LogP contribution in [0.25, 0.3) is 10.8 Å². The van der Waals surface area contributed by atoms with Crippen molar-refractivity contribution >= 4 is 28.5 Å². The van der Waals surface area contributed by atoms with Crippen molar-refractivity contribution < 1.29 is 14.4 Å². The summed E-state index contributed by atoms with van der Waals surface area (Å²) in [5.74, 6) is -1.36. The van der Waals surface area contributed by atoms with Crippen molar-refractivity contribution in [3.05, 3.63) is 47.5 Å². The van der Waals surface area contributed by atoms with Crippen molar-refractivity contribution in [2.24, 2.45) is 0 Å². The number of imide groups is 3. The van der Waals surface area contributed by atoms with Gasteiger partial charge < -0.3 is 0 Å². The molecule has 160 valence electrons. The van der Waals surface area contributed by atoms with E-state index in [4.69, 9.17) is 0 Å². The first-order valence-electron chi connectivity index (χ1n) is 11.6. The summed E-state index contributed by atoms with van der Waals surface area (Å²) in [6.07, 6.45) is 13.4. The van der Waals surface area contributed by atoms with Crippen LogP contribution in [0.2, 0.25) is 0 Å². The van der Waals surface area contributed by atoms with Crippen molar-refractivity contribution in [1.29, 1.82) is 0 Å². The minimum Gasteiger partial charge on any atom is -0.274 e. The number of hydrogen-bond acceptors (Lipinski definition) is 3. The maximum absolute atomic E-state index is 12.8. The van der Waals surface area contributed by atoms with Crippen LogP contribution in [0, 0.1) is 0 Å². The van der Waals surface area contributed by atoms with Gasteiger partial charge in [0.05, 0.1) is 0 Å². The van der Waals surface area contributed by atoms with Gasteiger partial charge in [-0.05, 0) is 23.9 Å². The summed E-state index contributed by atoms with van der Waals surface area (Å²) in [6, 6.07) is 10.7. The van der Waals surface area contributed by atoms with Crippen LogP contribution >= 0.6 is 0 Å². The van der Waals surface area contributed by atoms with Crippen molar-refractivity contribution in [3.63, 3.8) is 0 Å². The second kappa shape index (κ2) is 11.1. The molecule has 0 aliphatic carbocycles. The molecule has 2 aromatic rings. The zero-order chi connectivity index (χ0) is 21.3. The SMILES string of the molecule is CCCCCCCCCCCCCC(=O)N1C(=O)c2cccc3cccc(c23)C1=O. The highest BCUT2D eigenvalue weighted by molar-refractivity contribution is 6.31. The fourth-order valence-electron chi connectivity index (χ4n) is 4.31. The summed E-state index contributed by atoms with van der Waals surface area (Å²) >= 11 is 0. The third kappa shape index (κ3) is 5.16. The molecule has 2 aromatic carbocycles. The molecule has 30 heavy (non-hydrogen) atoms. The molecule has 0 N–H and O–H groups in total. The second-order valence-electron chi connectivity index (χ2n) is 8.33. The summed E-state index contributed by atoms with van der Waals surface area (Å²) in [6.45, 7) is 2.24. The highest BCUT2D eigenvalue weighted by Crippen LogP contribution is 2.30. The van der Waals surface area contributed by atoms with Gasteiger partial charge in [0, 0.05) is 22.9 Å². The Morgan fingerprint density at radius 1 is 0.700 bits per heavy atom. The first-order chi connectivity index (χ1) is 14.6. The Hall–Kier alpha value is -2.49. The third-order valence-electron chi connectivity index (χ3n) is 6.02. The molecule has 1 heterocycles. The number of carbonyl (C=O) groups is 3. The van der Waals surface area contributed by atoms with E-state index in [1.807, 2.05) is 12.1 Å². The first kappa shape index (κ1) is 22.2. The van der Waals surface area contributed by atoms with E-state index in [1.165, 1.54) is 51.4 Å². The lowest BCUT2D eigenvalue weighted by atomic mass is 9.94. The van der Waals surface area contributed by atoms with E-state index in [0.717, 1.165) is 29.5 Å². The molecule has 3 amide bonds. The van der Waals surface area contributed by atoms with Crippen molar-refractivity contribution in [2.45, 2.75) is 84.0 Å². The third-order valence-corrected chi connectivity index (χ3v) is 6.02. The molecule has 1 aliphatic heterocycles. The zero-order valence-corrected chi connectivity index (χ0v) is 18.1. The average molecular weight is 408 g/mol. The van der Waals surface area contributed by atoms with E-state index in [-0.39, 0.29) is 12.3 Å². The topological polar surface area (TPSA) is 54.5 Å². The minimum atomic E-state index is -0.489. The first-order valence-corrected chi connectivity index (χ1v) is 11.6. The summed E-state index contributed by atoms with van der Waals surface area (Å²) in [5.41, 5.74) is 0.880. The number of amides is 3. The highest BCUT2D eigenvalue weighted by Gasteiger charge is 2.36. The zero-order valence-electron chi connectivity index (χ0n) is 18.1. The van der Waals surface area contributed by atoms with E-state index in [2.05, 4.69) is 6.92 Å². The smallest absolute Gasteiger partial charge is 0.268 e. The van der Waals surface area contributed by atoms with E-state index in [0.29, 0.717) is 16.5 Å². The van der Waals surface area contributed by atoms with Crippen LogP contribution in [0.1, 0.15) is 105 Å². The van der Waals surface area contributed by atoms with Gasteiger partial charge in [-0.15, -0.1) is 0 Å². The Bertz CT molecular complexity index is 852.